The number of anilines is 2. The van der Waals surface area contributed by atoms with Crippen molar-refractivity contribution in [2.75, 3.05) is 10.2 Å². The summed E-state index contributed by atoms with van der Waals surface area (Å²) in [4.78, 5) is 14.7. The number of ether oxygens (including phenoxy) is 1. The number of hydrogen-bond acceptors (Lipinski definition) is 5. The van der Waals surface area contributed by atoms with E-state index in [1.54, 1.807) is 35.2 Å². The molecular weight excluding hydrogens is 447 g/mol. The molecule has 1 aliphatic heterocycles. The van der Waals surface area contributed by atoms with Gasteiger partial charge in [-0.15, -0.1) is 13.2 Å². The SMILES string of the molecule is O=C(Nc1ccccc1)[C@H]1C[C@@H](O)[C@H](O)[C@H]2NC(=S)N(c3ccc(OC(F)(F)F)cc3)[C@@H]21. The second-order valence-electron chi connectivity index (χ2n) is 7.63. The van der Waals surface area contributed by atoms with Crippen molar-refractivity contribution < 1.29 is 32.9 Å². The topological polar surface area (TPSA) is 94.1 Å². The number of aliphatic hydroxyl groups is 2. The standard InChI is InChI=1S/C21H20F3N3O4S/c22-21(23,24)31-13-8-6-12(7-9-13)27-17-14(19(30)25-11-4-2-1-3-5-11)10-15(28)18(29)16(17)26-20(27)32/h1-9,14-18,28-29H,10H2,(H,25,30)(H,26,32)/t14-,15+,16-,17+,18-/m0/s1. The molecule has 0 unspecified atom stereocenters. The van der Waals surface area contributed by atoms with Crippen LogP contribution >= 0.6 is 12.2 Å². The third kappa shape index (κ3) is 4.50. The summed E-state index contributed by atoms with van der Waals surface area (Å²) >= 11 is 5.40. The molecule has 2 aromatic carbocycles. The first-order valence-electron chi connectivity index (χ1n) is 9.81. The maximum absolute atomic E-state index is 13.1. The minimum Gasteiger partial charge on any atom is -0.406 e. The fraction of sp³-hybridized carbons (Fsp3) is 0.333. The van der Waals surface area contributed by atoms with E-state index in [0.717, 1.165) is 12.1 Å². The number of nitrogens with one attached hydrogen (secondary N) is 2. The number of alkyl halides is 3. The Morgan fingerprint density at radius 2 is 1.78 bits per heavy atom. The first-order chi connectivity index (χ1) is 15.1. The molecular formula is C21H20F3N3O4S. The fourth-order valence-electron chi connectivity index (χ4n) is 4.21. The average Bonchev–Trinajstić information content (AvgIpc) is 3.08. The Hall–Kier alpha value is -2.89. The van der Waals surface area contributed by atoms with E-state index in [1.165, 1.54) is 12.1 Å². The summed E-state index contributed by atoms with van der Waals surface area (Å²) in [6.07, 6.45) is -7.17. The van der Waals surface area contributed by atoms with Crippen LogP contribution in [0.15, 0.2) is 54.6 Å². The van der Waals surface area contributed by atoms with Gasteiger partial charge in [0.15, 0.2) is 5.11 Å². The largest absolute Gasteiger partial charge is 0.573 e. The van der Waals surface area contributed by atoms with E-state index in [2.05, 4.69) is 15.4 Å². The maximum Gasteiger partial charge on any atom is 0.573 e. The summed E-state index contributed by atoms with van der Waals surface area (Å²) in [5.41, 5.74) is 0.994. The monoisotopic (exact) mass is 467 g/mol. The minimum atomic E-state index is -4.82. The summed E-state index contributed by atoms with van der Waals surface area (Å²) in [7, 11) is 0. The summed E-state index contributed by atoms with van der Waals surface area (Å²) in [6, 6.07) is 12.4. The van der Waals surface area contributed by atoms with Gasteiger partial charge in [-0.05, 0) is 55.0 Å². The molecule has 0 aromatic heterocycles. The van der Waals surface area contributed by atoms with Crippen LogP contribution < -0.4 is 20.3 Å². The minimum absolute atomic E-state index is 0.0168. The molecule has 170 valence electrons. The van der Waals surface area contributed by atoms with E-state index in [1.807, 2.05) is 0 Å². The van der Waals surface area contributed by atoms with Gasteiger partial charge in [0.25, 0.3) is 0 Å². The molecule has 0 radical (unpaired) electrons. The van der Waals surface area contributed by atoms with Gasteiger partial charge in [0, 0.05) is 11.4 Å². The fourth-order valence-corrected chi connectivity index (χ4v) is 4.57. The van der Waals surface area contributed by atoms with Crippen LogP contribution in [-0.4, -0.2) is 51.9 Å². The Labute approximate surface area is 186 Å². The van der Waals surface area contributed by atoms with Gasteiger partial charge in [0.1, 0.15) is 11.9 Å². The number of rotatable bonds is 4. The van der Waals surface area contributed by atoms with E-state index in [0.29, 0.717) is 11.4 Å². The molecule has 1 aliphatic carbocycles. The zero-order valence-electron chi connectivity index (χ0n) is 16.5. The molecule has 4 rings (SSSR count). The van der Waals surface area contributed by atoms with Gasteiger partial charge in [0.05, 0.1) is 24.1 Å². The van der Waals surface area contributed by atoms with Crippen LogP contribution in [0.4, 0.5) is 24.5 Å². The maximum atomic E-state index is 13.1. The van der Waals surface area contributed by atoms with Crippen LogP contribution in [0, 0.1) is 5.92 Å². The first-order valence-corrected chi connectivity index (χ1v) is 10.2. The molecule has 5 atom stereocenters. The zero-order chi connectivity index (χ0) is 23.0. The lowest BCUT2D eigenvalue weighted by molar-refractivity contribution is -0.274. The lowest BCUT2D eigenvalue weighted by Gasteiger charge is -2.41. The van der Waals surface area contributed by atoms with Gasteiger partial charge < -0.3 is 30.5 Å². The normalized spacial score (nSPS) is 27.5. The van der Waals surface area contributed by atoms with Crippen LogP contribution in [0.3, 0.4) is 0 Å². The van der Waals surface area contributed by atoms with Gasteiger partial charge in [-0.1, -0.05) is 18.2 Å². The molecule has 2 aliphatic rings. The lowest BCUT2D eigenvalue weighted by atomic mass is 9.77. The van der Waals surface area contributed by atoms with Crippen molar-refractivity contribution >= 4 is 34.6 Å². The van der Waals surface area contributed by atoms with Gasteiger partial charge in [-0.2, -0.15) is 0 Å². The quantitative estimate of drug-likeness (QED) is 0.513. The molecule has 2 fully saturated rings. The highest BCUT2D eigenvalue weighted by Gasteiger charge is 2.54. The van der Waals surface area contributed by atoms with Crippen LogP contribution in [-0.2, 0) is 4.79 Å². The van der Waals surface area contributed by atoms with E-state index >= 15 is 0 Å². The molecule has 32 heavy (non-hydrogen) atoms. The highest BCUT2D eigenvalue weighted by Crippen LogP contribution is 2.38. The molecule has 1 amide bonds. The number of fused-ring (bicyclic) bond motifs is 1. The van der Waals surface area contributed by atoms with E-state index in [4.69, 9.17) is 12.2 Å². The van der Waals surface area contributed by atoms with Crippen LogP contribution in [0.1, 0.15) is 6.42 Å². The van der Waals surface area contributed by atoms with E-state index in [9.17, 15) is 28.2 Å². The Morgan fingerprint density at radius 1 is 1.12 bits per heavy atom. The van der Waals surface area contributed by atoms with Crippen molar-refractivity contribution in [3.8, 4) is 5.75 Å². The van der Waals surface area contributed by atoms with Crippen molar-refractivity contribution in [1.82, 2.24) is 5.32 Å². The number of amides is 1. The van der Waals surface area contributed by atoms with E-state index < -0.39 is 42.3 Å². The predicted molar refractivity (Wildman–Crippen MR) is 114 cm³/mol. The Kier molecular flexibility index (Phi) is 5.97. The molecule has 4 N–H and O–H groups in total. The predicted octanol–water partition coefficient (Wildman–Crippen LogP) is 2.40. The average molecular weight is 467 g/mol. The van der Waals surface area contributed by atoms with E-state index in [-0.39, 0.29) is 17.4 Å². The number of aliphatic hydroxyl groups excluding tert-OH is 2. The second-order valence-corrected chi connectivity index (χ2v) is 8.02. The van der Waals surface area contributed by atoms with Gasteiger partial charge in [-0.25, -0.2) is 0 Å². The second kappa shape index (κ2) is 8.57. The van der Waals surface area contributed by atoms with Crippen molar-refractivity contribution in [3.05, 3.63) is 54.6 Å². The van der Waals surface area contributed by atoms with Crippen molar-refractivity contribution in [2.24, 2.45) is 5.92 Å². The Bertz CT molecular complexity index is 990. The third-order valence-corrected chi connectivity index (χ3v) is 5.89. The summed E-state index contributed by atoms with van der Waals surface area (Å²) in [5, 5.41) is 26.8. The highest BCUT2D eigenvalue weighted by atomic mass is 32.1. The summed E-state index contributed by atoms with van der Waals surface area (Å²) in [5.74, 6) is -1.53. The molecule has 0 spiro atoms. The number of thiocarbonyl (C=S) groups is 1. The van der Waals surface area contributed by atoms with Gasteiger partial charge in [0.2, 0.25) is 5.91 Å². The summed E-state index contributed by atoms with van der Waals surface area (Å²) < 4.78 is 41.3. The van der Waals surface area contributed by atoms with Crippen molar-refractivity contribution in [2.45, 2.75) is 37.1 Å². The van der Waals surface area contributed by atoms with Crippen molar-refractivity contribution in [1.29, 1.82) is 0 Å². The van der Waals surface area contributed by atoms with Gasteiger partial charge in [-0.3, -0.25) is 4.79 Å². The number of carbonyl (C=O) groups is 1. The smallest absolute Gasteiger partial charge is 0.406 e. The lowest BCUT2D eigenvalue weighted by Crippen LogP contribution is -2.60. The first kappa shape index (κ1) is 22.3. The number of carbonyl (C=O) groups excluding carboxylic acids is 1. The third-order valence-electron chi connectivity index (χ3n) is 5.57. The highest BCUT2D eigenvalue weighted by molar-refractivity contribution is 7.80. The van der Waals surface area contributed by atoms with Crippen LogP contribution in [0.25, 0.3) is 0 Å². The van der Waals surface area contributed by atoms with Crippen LogP contribution in [0.2, 0.25) is 0 Å². The van der Waals surface area contributed by atoms with Gasteiger partial charge >= 0.3 is 6.36 Å². The number of para-hydroxylation sites is 1. The number of benzene rings is 2. The molecule has 11 heteroatoms. The van der Waals surface area contributed by atoms with Crippen LogP contribution in [0.5, 0.6) is 5.75 Å². The molecule has 1 heterocycles. The van der Waals surface area contributed by atoms with Crippen molar-refractivity contribution in [3.63, 3.8) is 0 Å². The molecule has 7 nitrogen and oxygen atoms in total. The number of nitrogens with zero attached hydrogens (tertiary/aromatic N) is 1. The molecule has 2 aromatic rings. The summed E-state index contributed by atoms with van der Waals surface area (Å²) in [6.45, 7) is 0. The zero-order valence-corrected chi connectivity index (χ0v) is 17.3. The number of halogens is 3. The molecule has 0 bridgehead atoms. The molecule has 1 saturated heterocycles. The Balaban J connectivity index is 1.63. The number of hydrogen-bond donors (Lipinski definition) is 4. The Morgan fingerprint density at radius 3 is 2.41 bits per heavy atom. The molecule has 1 saturated carbocycles.